The van der Waals surface area contributed by atoms with Crippen molar-refractivity contribution in [3.8, 4) is 6.07 Å². The number of aromatic nitrogens is 2. The minimum atomic E-state index is -0.309. The van der Waals surface area contributed by atoms with Crippen LogP contribution in [0.25, 0.3) is 11.0 Å². The van der Waals surface area contributed by atoms with Gasteiger partial charge in [0.1, 0.15) is 28.9 Å². The molecule has 1 atom stereocenters. The van der Waals surface area contributed by atoms with E-state index in [0.717, 1.165) is 11.1 Å². The summed E-state index contributed by atoms with van der Waals surface area (Å²) in [5, 5.41) is 9.36. The molecule has 0 aliphatic carbocycles. The van der Waals surface area contributed by atoms with Crippen molar-refractivity contribution in [2.45, 2.75) is 19.0 Å². The van der Waals surface area contributed by atoms with Crippen molar-refractivity contribution in [3.05, 3.63) is 106 Å². The molecule has 0 N–H and O–H groups in total. The molecule has 8 heteroatoms. The Morgan fingerprint density at radius 1 is 0.972 bits per heavy atom. The number of anilines is 1. The maximum absolute atomic E-state index is 13.7. The molecule has 6 nitrogen and oxygen atoms in total. The molecule has 1 saturated heterocycles. The van der Waals surface area contributed by atoms with Crippen molar-refractivity contribution in [1.82, 2.24) is 14.5 Å². The molecule has 0 amide bonds. The van der Waals surface area contributed by atoms with E-state index in [0.29, 0.717) is 42.0 Å². The molecule has 3 heterocycles. The zero-order valence-corrected chi connectivity index (χ0v) is 20.0. The van der Waals surface area contributed by atoms with Gasteiger partial charge in [-0.3, -0.25) is 9.69 Å². The Morgan fingerprint density at radius 2 is 1.58 bits per heavy atom. The number of pyridine rings is 2. The van der Waals surface area contributed by atoms with Gasteiger partial charge < -0.3 is 9.47 Å². The van der Waals surface area contributed by atoms with Gasteiger partial charge in [-0.1, -0.05) is 24.3 Å². The third-order valence-corrected chi connectivity index (χ3v) is 6.91. The average Bonchev–Trinajstić information content (AvgIpc) is 2.89. The Labute approximate surface area is 207 Å². The first kappa shape index (κ1) is 23.6. The summed E-state index contributed by atoms with van der Waals surface area (Å²) >= 11 is 0. The van der Waals surface area contributed by atoms with E-state index in [1.165, 1.54) is 28.8 Å². The molecule has 2 aromatic heterocycles. The summed E-state index contributed by atoms with van der Waals surface area (Å²) in [7, 11) is 1.69. The van der Waals surface area contributed by atoms with Crippen LogP contribution in [0.3, 0.4) is 0 Å². The molecule has 36 heavy (non-hydrogen) atoms. The maximum atomic E-state index is 13.7. The molecule has 5 rings (SSSR count). The molecule has 0 bridgehead atoms. The first-order valence-electron chi connectivity index (χ1n) is 11.8. The lowest BCUT2D eigenvalue weighted by atomic mass is 9.94. The fourth-order valence-electron chi connectivity index (χ4n) is 5.05. The fourth-order valence-corrected chi connectivity index (χ4v) is 5.05. The lowest BCUT2D eigenvalue weighted by molar-refractivity contribution is 0.150. The van der Waals surface area contributed by atoms with Crippen LogP contribution in [-0.4, -0.2) is 40.1 Å². The average molecular weight is 486 g/mol. The number of aryl methyl sites for hydroxylation is 1. The van der Waals surface area contributed by atoms with Crippen molar-refractivity contribution >= 4 is 16.7 Å². The molecule has 182 valence electrons. The first-order chi connectivity index (χ1) is 17.4. The largest absolute Gasteiger partial charge is 0.367 e. The van der Waals surface area contributed by atoms with Gasteiger partial charge in [0, 0.05) is 38.8 Å². The summed E-state index contributed by atoms with van der Waals surface area (Å²) in [6.07, 6.45) is 0. The monoisotopic (exact) mass is 485 g/mol. The van der Waals surface area contributed by atoms with Gasteiger partial charge in [0.15, 0.2) is 0 Å². The second-order valence-electron chi connectivity index (χ2n) is 9.14. The topological polar surface area (TPSA) is 65.2 Å². The van der Waals surface area contributed by atoms with E-state index < -0.39 is 0 Å². The maximum Gasteiger partial charge on any atom is 0.252 e. The van der Waals surface area contributed by atoms with Crippen LogP contribution in [0.1, 0.15) is 29.8 Å². The predicted octanol–water partition coefficient (Wildman–Crippen LogP) is 4.38. The number of piperazine rings is 1. The summed E-state index contributed by atoms with van der Waals surface area (Å²) in [4.78, 5) is 21.7. The summed E-state index contributed by atoms with van der Waals surface area (Å²) in [6, 6.07) is 19.7. The molecule has 0 saturated carbocycles. The van der Waals surface area contributed by atoms with Crippen LogP contribution in [0.5, 0.6) is 0 Å². The zero-order valence-electron chi connectivity index (χ0n) is 20.0. The first-order valence-corrected chi connectivity index (χ1v) is 11.8. The van der Waals surface area contributed by atoms with Crippen LogP contribution in [0, 0.1) is 23.0 Å². The zero-order chi connectivity index (χ0) is 25.4. The van der Waals surface area contributed by atoms with Crippen molar-refractivity contribution < 1.29 is 8.78 Å². The highest BCUT2D eigenvalue weighted by molar-refractivity contribution is 5.88. The van der Waals surface area contributed by atoms with Gasteiger partial charge in [-0.2, -0.15) is 5.26 Å². The van der Waals surface area contributed by atoms with Gasteiger partial charge in [0.25, 0.3) is 5.56 Å². The number of hydrogen-bond donors (Lipinski definition) is 0. The molecule has 2 aromatic carbocycles. The molecule has 1 aliphatic heterocycles. The van der Waals surface area contributed by atoms with E-state index in [2.05, 4.69) is 27.8 Å². The van der Waals surface area contributed by atoms with E-state index in [1.54, 1.807) is 49.5 Å². The predicted molar refractivity (Wildman–Crippen MR) is 135 cm³/mol. The van der Waals surface area contributed by atoms with Gasteiger partial charge in [-0.15, -0.1) is 0 Å². The second kappa shape index (κ2) is 9.51. The molecule has 0 unspecified atom stereocenters. The van der Waals surface area contributed by atoms with Crippen LogP contribution < -0.4 is 10.5 Å². The second-order valence-corrected chi connectivity index (χ2v) is 9.14. The van der Waals surface area contributed by atoms with Gasteiger partial charge in [-0.25, -0.2) is 13.8 Å². The van der Waals surface area contributed by atoms with E-state index in [4.69, 9.17) is 0 Å². The quantitative estimate of drug-likeness (QED) is 0.429. The highest BCUT2D eigenvalue weighted by atomic mass is 19.1. The molecule has 0 spiro atoms. The van der Waals surface area contributed by atoms with Crippen LogP contribution in [0.15, 0.2) is 71.5 Å². The third kappa shape index (κ3) is 4.34. The number of rotatable bonds is 4. The minimum Gasteiger partial charge on any atom is -0.367 e. The highest BCUT2D eigenvalue weighted by Gasteiger charge is 2.32. The summed E-state index contributed by atoms with van der Waals surface area (Å²) in [5.41, 5.74) is 3.98. The van der Waals surface area contributed by atoms with Crippen LogP contribution in [0.2, 0.25) is 0 Å². The van der Waals surface area contributed by atoms with E-state index in [1.807, 2.05) is 0 Å². The number of benzene rings is 2. The highest BCUT2D eigenvalue weighted by Crippen LogP contribution is 2.34. The third-order valence-electron chi connectivity index (χ3n) is 6.91. The number of hydrogen-bond acceptors (Lipinski definition) is 5. The minimum absolute atomic E-state index is 0.0390. The Hall–Kier alpha value is -4.09. The molecule has 0 radical (unpaired) electrons. The fraction of sp³-hybridized carbons (Fsp3) is 0.250. The number of nitrogens with zero attached hydrogens (tertiary/aromatic N) is 5. The number of fused-ring (bicyclic) bond motifs is 1. The lowest BCUT2D eigenvalue weighted by Gasteiger charge is -2.45. The summed E-state index contributed by atoms with van der Waals surface area (Å²) in [6.45, 7) is 3.97. The van der Waals surface area contributed by atoms with Crippen molar-refractivity contribution in [3.63, 3.8) is 0 Å². The van der Waals surface area contributed by atoms with Crippen LogP contribution >= 0.6 is 0 Å². The molecule has 1 aliphatic rings. The summed E-state index contributed by atoms with van der Waals surface area (Å²) < 4.78 is 28.9. The molecule has 4 aromatic rings. The van der Waals surface area contributed by atoms with Crippen molar-refractivity contribution in [2.75, 3.05) is 24.5 Å². The molecule has 1 fully saturated rings. The van der Waals surface area contributed by atoms with Gasteiger partial charge in [0.2, 0.25) is 0 Å². The molecular weight excluding hydrogens is 460 g/mol. The van der Waals surface area contributed by atoms with E-state index in [-0.39, 0.29) is 29.3 Å². The normalized spacial score (nSPS) is 16.4. The van der Waals surface area contributed by atoms with E-state index in [9.17, 15) is 18.8 Å². The SMILES string of the molecule is C[C@@H]1CN(c2cc(=O)n(C)c3ccc(C#N)nc23)CCN1C(c1ccc(F)cc1)c1ccc(F)cc1. The van der Waals surface area contributed by atoms with Crippen molar-refractivity contribution in [2.24, 2.45) is 7.05 Å². The summed E-state index contributed by atoms with van der Waals surface area (Å²) in [5.74, 6) is -0.618. The smallest absolute Gasteiger partial charge is 0.252 e. The standard InChI is InChI=1S/C28H25F2N5O/c1-18-17-34(25-15-26(36)33(2)24-12-11-23(16-31)32-27(24)25)13-14-35(18)28(19-3-7-21(29)8-4-19)20-5-9-22(30)10-6-20/h3-12,15,18,28H,13-14,17H2,1-2H3/t18-/m1/s1. The molecular formula is C28H25F2N5O. The van der Waals surface area contributed by atoms with Crippen LogP contribution in [-0.2, 0) is 7.05 Å². The van der Waals surface area contributed by atoms with Gasteiger partial charge >= 0.3 is 0 Å². The van der Waals surface area contributed by atoms with Crippen molar-refractivity contribution in [1.29, 1.82) is 5.26 Å². The Kier molecular flexibility index (Phi) is 6.25. The number of nitriles is 1. The van der Waals surface area contributed by atoms with Gasteiger partial charge in [0.05, 0.1) is 17.2 Å². The van der Waals surface area contributed by atoms with Crippen LogP contribution in [0.4, 0.5) is 14.5 Å². The van der Waals surface area contributed by atoms with E-state index >= 15 is 0 Å². The Morgan fingerprint density at radius 3 is 2.14 bits per heavy atom. The lowest BCUT2D eigenvalue weighted by Crippen LogP contribution is -2.53. The van der Waals surface area contributed by atoms with Gasteiger partial charge in [-0.05, 0) is 54.4 Å². The Bertz CT molecular complexity index is 1460. The number of halogens is 2. The Balaban J connectivity index is 1.51.